The lowest BCUT2D eigenvalue weighted by Gasteiger charge is -2.07. The Bertz CT molecular complexity index is 1160. The van der Waals surface area contributed by atoms with E-state index >= 15 is 0 Å². The third-order valence-corrected chi connectivity index (χ3v) is 4.70. The first-order valence-corrected chi connectivity index (χ1v) is 9.03. The Balaban J connectivity index is 2.00. The van der Waals surface area contributed by atoms with Crippen molar-refractivity contribution in [1.82, 2.24) is 9.36 Å². The molecule has 0 aliphatic carbocycles. The van der Waals surface area contributed by atoms with Crippen LogP contribution in [0.25, 0.3) is 5.69 Å². The van der Waals surface area contributed by atoms with E-state index in [0.29, 0.717) is 16.4 Å². The molecule has 0 saturated carbocycles. The van der Waals surface area contributed by atoms with Crippen LogP contribution < -0.4 is 10.9 Å². The molecule has 1 heterocycles. The maximum absolute atomic E-state index is 12.9. The summed E-state index contributed by atoms with van der Waals surface area (Å²) in [5.41, 5.74) is 0.674. The van der Waals surface area contributed by atoms with E-state index in [1.165, 1.54) is 28.9 Å². The van der Waals surface area contributed by atoms with Gasteiger partial charge in [-0.3, -0.25) is 14.3 Å². The quantitative estimate of drug-likeness (QED) is 0.479. The van der Waals surface area contributed by atoms with Gasteiger partial charge in [-0.15, -0.1) is 0 Å². The molecule has 0 aliphatic rings. The summed E-state index contributed by atoms with van der Waals surface area (Å²) in [7, 11) is 1.69. The number of aliphatic carboxylic acids is 1. The highest BCUT2D eigenvalue weighted by Crippen LogP contribution is 2.17. The number of nitrogens with one attached hydrogen (secondary N) is 1. The minimum Gasteiger partial charge on any atom is -0.477 e. The molecule has 3 rings (SSSR count). The van der Waals surface area contributed by atoms with Crippen molar-refractivity contribution in [3.63, 3.8) is 0 Å². The monoisotopic (exact) mass is 411 g/mol. The fourth-order valence-corrected chi connectivity index (χ4v) is 2.95. The number of carbonyl (C=O) groups excluding carboxylic acids is 1. The average molecular weight is 412 g/mol. The van der Waals surface area contributed by atoms with Crippen molar-refractivity contribution in [2.45, 2.75) is 6.92 Å². The first-order chi connectivity index (χ1) is 13.8. The molecule has 0 spiro atoms. The molecule has 0 radical (unpaired) electrons. The van der Waals surface area contributed by atoms with Gasteiger partial charge in [0, 0.05) is 23.7 Å². The normalized spacial score (nSPS) is 11.3. The Morgan fingerprint density at radius 2 is 1.69 bits per heavy atom. The number of hydrogen-bond acceptors (Lipinski definition) is 4. The van der Waals surface area contributed by atoms with E-state index < -0.39 is 23.0 Å². The fourth-order valence-electron chi connectivity index (χ4n) is 2.83. The minimum atomic E-state index is -1.36. The molecule has 0 unspecified atom stereocenters. The molecular weight excluding hydrogens is 394 g/mol. The van der Waals surface area contributed by atoms with E-state index in [1.807, 2.05) is 6.07 Å². The highest BCUT2D eigenvalue weighted by molar-refractivity contribution is 6.30. The lowest BCUT2D eigenvalue weighted by Crippen LogP contribution is -2.22. The lowest BCUT2D eigenvalue weighted by molar-refractivity contribution is -0.132. The topological polar surface area (TPSA) is 93.3 Å². The molecule has 3 aromatic rings. The number of ketones is 1. The summed E-state index contributed by atoms with van der Waals surface area (Å²) in [5, 5.41) is 12.6. The Labute approximate surface area is 171 Å². The number of allylic oxidation sites excluding steroid dienone is 1. The number of aromatic nitrogens is 2. The molecule has 1 aromatic heterocycles. The second-order valence-corrected chi connectivity index (χ2v) is 6.73. The Hall–Kier alpha value is -3.58. The van der Waals surface area contributed by atoms with Crippen molar-refractivity contribution >= 4 is 29.0 Å². The maximum atomic E-state index is 12.9. The highest BCUT2D eigenvalue weighted by Gasteiger charge is 2.20. The first-order valence-electron chi connectivity index (χ1n) is 8.65. The number of carboxylic acid groups (broad SMARTS) is 1. The highest BCUT2D eigenvalue weighted by atomic mass is 35.5. The smallest absolute Gasteiger partial charge is 0.352 e. The molecule has 0 amide bonds. The Morgan fingerprint density at radius 1 is 1.07 bits per heavy atom. The lowest BCUT2D eigenvalue weighted by atomic mass is 10.1. The second kappa shape index (κ2) is 8.20. The first kappa shape index (κ1) is 20.2. The van der Waals surface area contributed by atoms with Crippen LogP contribution >= 0.6 is 11.6 Å². The molecular formula is C21H18ClN3O4. The molecule has 0 saturated heterocycles. The zero-order valence-electron chi connectivity index (χ0n) is 15.7. The number of rotatable bonds is 6. The van der Waals surface area contributed by atoms with Crippen molar-refractivity contribution in [2.75, 3.05) is 5.32 Å². The third-order valence-electron chi connectivity index (χ3n) is 4.45. The maximum Gasteiger partial charge on any atom is 0.352 e. The summed E-state index contributed by atoms with van der Waals surface area (Å²) < 4.78 is 3.03. The number of halogens is 1. The van der Waals surface area contributed by atoms with E-state index in [2.05, 4.69) is 5.32 Å². The van der Waals surface area contributed by atoms with Crippen molar-refractivity contribution in [3.8, 4) is 5.69 Å². The van der Waals surface area contributed by atoms with Gasteiger partial charge in [-0.25, -0.2) is 9.48 Å². The molecule has 0 fully saturated rings. The van der Waals surface area contributed by atoms with Gasteiger partial charge in [-0.1, -0.05) is 29.8 Å². The molecule has 148 valence electrons. The molecule has 29 heavy (non-hydrogen) atoms. The molecule has 0 aliphatic heterocycles. The predicted octanol–water partition coefficient (Wildman–Crippen LogP) is 3.40. The summed E-state index contributed by atoms with van der Waals surface area (Å²) >= 11 is 5.81. The molecule has 7 nitrogen and oxygen atoms in total. The van der Waals surface area contributed by atoms with Crippen LogP contribution in [0.2, 0.25) is 5.02 Å². The molecule has 2 aromatic carbocycles. The minimum absolute atomic E-state index is 0.0777. The number of anilines is 1. The van der Waals surface area contributed by atoms with E-state index in [1.54, 1.807) is 42.9 Å². The zero-order chi connectivity index (χ0) is 21.1. The predicted molar refractivity (Wildman–Crippen MR) is 111 cm³/mol. The number of nitrogens with zero attached hydrogens (tertiary/aromatic N) is 2. The molecule has 2 N–H and O–H groups in total. The van der Waals surface area contributed by atoms with E-state index in [-0.39, 0.29) is 11.3 Å². The average Bonchev–Trinajstić information content (AvgIpc) is 2.91. The van der Waals surface area contributed by atoms with Gasteiger partial charge in [0.15, 0.2) is 5.78 Å². The number of carboxylic acids is 1. The molecule has 0 bridgehead atoms. The Kier molecular flexibility index (Phi) is 5.70. The van der Waals surface area contributed by atoms with Crippen LogP contribution in [0.3, 0.4) is 0 Å². The Morgan fingerprint density at radius 3 is 2.28 bits per heavy atom. The van der Waals surface area contributed by atoms with Gasteiger partial charge in [0.25, 0.3) is 5.56 Å². The molecule has 8 heteroatoms. The van der Waals surface area contributed by atoms with Gasteiger partial charge in [-0.2, -0.15) is 0 Å². The zero-order valence-corrected chi connectivity index (χ0v) is 16.5. The van der Waals surface area contributed by atoms with E-state index in [4.69, 9.17) is 11.6 Å². The van der Waals surface area contributed by atoms with Crippen molar-refractivity contribution in [3.05, 3.63) is 93.0 Å². The summed E-state index contributed by atoms with van der Waals surface area (Å²) in [4.78, 5) is 37.0. The van der Waals surface area contributed by atoms with Gasteiger partial charge in [-0.05, 0) is 43.3 Å². The van der Waals surface area contributed by atoms with Gasteiger partial charge in [0.1, 0.15) is 11.4 Å². The van der Waals surface area contributed by atoms with E-state index in [9.17, 15) is 19.5 Å². The number of carbonyl (C=O) groups is 2. The van der Waals surface area contributed by atoms with E-state index in [0.717, 1.165) is 6.08 Å². The number of benzene rings is 2. The van der Waals surface area contributed by atoms with Crippen LogP contribution in [-0.4, -0.2) is 26.2 Å². The van der Waals surface area contributed by atoms with Gasteiger partial charge < -0.3 is 10.4 Å². The molecule has 0 atom stereocenters. The third kappa shape index (κ3) is 4.14. The van der Waals surface area contributed by atoms with Crippen LogP contribution in [0, 0.1) is 6.92 Å². The van der Waals surface area contributed by atoms with Crippen LogP contribution in [0.15, 0.2) is 71.2 Å². The fraction of sp³-hybridized carbons (Fsp3) is 0.0952. The summed E-state index contributed by atoms with van der Waals surface area (Å²) in [6.07, 6.45) is 0.949. The van der Waals surface area contributed by atoms with Crippen LogP contribution in [0.1, 0.15) is 16.1 Å². The van der Waals surface area contributed by atoms with Crippen molar-refractivity contribution in [2.24, 2.45) is 7.05 Å². The largest absolute Gasteiger partial charge is 0.477 e. The summed E-state index contributed by atoms with van der Waals surface area (Å²) in [5.74, 6) is -1.88. The van der Waals surface area contributed by atoms with Gasteiger partial charge in [0.05, 0.1) is 11.4 Å². The standard InChI is InChI=1S/C21H18ClN3O4/c1-13-19(20(27)25(24(13)2)16-6-4-3-5-7-16)23-17(21(28)29)12-18(26)14-8-10-15(22)11-9-14/h3-12,23H,1-2H3,(H,28,29)/b17-12+. The van der Waals surface area contributed by atoms with Crippen molar-refractivity contribution < 1.29 is 14.7 Å². The summed E-state index contributed by atoms with van der Waals surface area (Å²) in [6, 6.07) is 15.0. The summed E-state index contributed by atoms with van der Waals surface area (Å²) in [6.45, 7) is 1.68. The number of para-hydroxylation sites is 1. The SMILES string of the molecule is Cc1c(N/C(=C/C(=O)c2ccc(Cl)cc2)C(=O)O)c(=O)n(-c2ccccc2)n1C. The van der Waals surface area contributed by atoms with Gasteiger partial charge in [0.2, 0.25) is 0 Å². The van der Waals surface area contributed by atoms with Crippen molar-refractivity contribution in [1.29, 1.82) is 0 Å². The second-order valence-electron chi connectivity index (χ2n) is 6.30. The van der Waals surface area contributed by atoms with Crippen LogP contribution in [-0.2, 0) is 11.8 Å². The van der Waals surface area contributed by atoms with Crippen LogP contribution in [0.5, 0.6) is 0 Å². The van der Waals surface area contributed by atoms with Gasteiger partial charge >= 0.3 is 5.97 Å². The number of hydrogen-bond donors (Lipinski definition) is 2. The van der Waals surface area contributed by atoms with Crippen LogP contribution in [0.4, 0.5) is 5.69 Å².